The predicted octanol–water partition coefficient (Wildman–Crippen LogP) is 1.96. The Labute approximate surface area is 145 Å². The predicted molar refractivity (Wildman–Crippen MR) is 91.5 cm³/mol. The van der Waals surface area contributed by atoms with Gasteiger partial charge < -0.3 is 10.1 Å². The van der Waals surface area contributed by atoms with Gasteiger partial charge in [-0.05, 0) is 25.7 Å². The van der Waals surface area contributed by atoms with Crippen molar-refractivity contribution >= 4 is 17.7 Å². The molecule has 1 atom stereocenters. The lowest BCUT2D eigenvalue weighted by atomic mass is 9.78. The van der Waals surface area contributed by atoms with Crippen molar-refractivity contribution in [2.75, 3.05) is 12.4 Å². The molecule has 0 aromatic carbocycles. The van der Waals surface area contributed by atoms with Crippen molar-refractivity contribution in [2.45, 2.75) is 68.3 Å². The van der Waals surface area contributed by atoms with Crippen molar-refractivity contribution in [3.8, 4) is 0 Å². The van der Waals surface area contributed by atoms with Crippen LogP contribution in [0.5, 0.6) is 0 Å². The molecule has 1 aromatic heterocycles. The molecule has 0 radical (unpaired) electrons. The summed E-state index contributed by atoms with van der Waals surface area (Å²) in [5.41, 5.74) is -0.122. The largest absolute Gasteiger partial charge is 0.375 e. The van der Waals surface area contributed by atoms with Gasteiger partial charge in [-0.15, -0.1) is 0 Å². The van der Waals surface area contributed by atoms with E-state index in [4.69, 9.17) is 4.74 Å². The van der Waals surface area contributed by atoms with Gasteiger partial charge in [-0.2, -0.15) is 0 Å². The monoisotopic (exact) mass is 349 g/mol. The fourth-order valence-electron chi connectivity index (χ4n) is 4.13. The maximum Gasteiger partial charge on any atom is 0.267 e. The molecule has 24 heavy (non-hydrogen) atoms. The van der Waals surface area contributed by atoms with Crippen LogP contribution in [0.3, 0.4) is 0 Å². The van der Waals surface area contributed by atoms with Crippen LogP contribution in [0.15, 0.2) is 16.1 Å². The summed E-state index contributed by atoms with van der Waals surface area (Å²) < 4.78 is 7.68. The maximum atomic E-state index is 12.6. The zero-order chi connectivity index (χ0) is 16.6. The van der Waals surface area contributed by atoms with Crippen LogP contribution in [-0.4, -0.2) is 39.5 Å². The van der Waals surface area contributed by atoms with Crippen molar-refractivity contribution in [2.24, 2.45) is 0 Å². The second-order valence-electron chi connectivity index (χ2n) is 7.02. The van der Waals surface area contributed by atoms with Gasteiger partial charge in [-0.25, -0.2) is 4.98 Å². The third-order valence-electron chi connectivity index (χ3n) is 5.39. The second kappa shape index (κ2) is 6.52. The SMILES string of the molecule is O=C(N[C@H]1CCOC2(CCCCC2)C1)c1cnc2n(c1=O)CCS2. The van der Waals surface area contributed by atoms with Crippen LogP contribution >= 0.6 is 11.8 Å². The Morgan fingerprint density at radius 3 is 3.04 bits per heavy atom. The molecule has 0 bridgehead atoms. The lowest BCUT2D eigenvalue weighted by Crippen LogP contribution is -2.50. The Morgan fingerprint density at radius 1 is 1.38 bits per heavy atom. The number of fused-ring (bicyclic) bond motifs is 1. The first-order chi connectivity index (χ1) is 11.7. The highest BCUT2D eigenvalue weighted by Gasteiger charge is 2.39. The Kier molecular flexibility index (Phi) is 4.39. The van der Waals surface area contributed by atoms with Gasteiger partial charge in [0.15, 0.2) is 5.16 Å². The van der Waals surface area contributed by atoms with Gasteiger partial charge in [0.05, 0.1) is 5.60 Å². The molecule has 4 rings (SSSR count). The number of hydrogen-bond donors (Lipinski definition) is 1. The Balaban J connectivity index is 1.47. The van der Waals surface area contributed by atoms with Gasteiger partial charge in [0, 0.05) is 31.1 Å². The molecular weight excluding hydrogens is 326 g/mol. The molecule has 1 saturated heterocycles. The molecule has 3 heterocycles. The minimum atomic E-state index is -0.294. The smallest absolute Gasteiger partial charge is 0.267 e. The highest BCUT2D eigenvalue weighted by Crippen LogP contribution is 2.38. The first kappa shape index (κ1) is 16.1. The molecule has 1 amide bonds. The maximum absolute atomic E-state index is 12.6. The highest BCUT2D eigenvalue weighted by molar-refractivity contribution is 7.99. The summed E-state index contributed by atoms with van der Waals surface area (Å²) in [5.74, 6) is 0.549. The summed E-state index contributed by atoms with van der Waals surface area (Å²) in [5, 5.41) is 3.77. The van der Waals surface area contributed by atoms with Crippen LogP contribution in [0.25, 0.3) is 0 Å². The Hall–Kier alpha value is -1.34. The van der Waals surface area contributed by atoms with Gasteiger partial charge in [-0.3, -0.25) is 14.2 Å². The number of carbonyl (C=O) groups is 1. The topological polar surface area (TPSA) is 73.2 Å². The molecule has 2 fully saturated rings. The summed E-state index contributed by atoms with van der Waals surface area (Å²) in [7, 11) is 0. The minimum Gasteiger partial charge on any atom is -0.375 e. The number of amides is 1. The molecule has 1 N–H and O–H groups in total. The fraction of sp³-hybridized carbons (Fsp3) is 0.706. The van der Waals surface area contributed by atoms with E-state index >= 15 is 0 Å². The molecule has 2 aliphatic heterocycles. The van der Waals surface area contributed by atoms with Crippen LogP contribution in [0.2, 0.25) is 0 Å². The summed E-state index contributed by atoms with van der Waals surface area (Å²) in [6.45, 7) is 1.32. The molecule has 0 unspecified atom stereocenters. The quantitative estimate of drug-likeness (QED) is 0.826. The van der Waals surface area contributed by atoms with E-state index in [-0.39, 0.29) is 28.7 Å². The molecular formula is C17H23N3O3S. The van der Waals surface area contributed by atoms with Crippen LogP contribution in [0, 0.1) is 0 Å². The summed E-state index contributed by atoms with van der Waals surface area (Å²) in [4.78, 5) is 29.3. The van der Waals surface area contributed by atoms with E-state index in [1.54, 1.807) is 16.3 Å². The minimum absolute atomic E-state index is 0.0592. The molecule has 7 heteroatoms. The lowest BCUT2D eigenvalue weighted by Gasteiger charge is -2.43. The summed E-state index contributed by atoms with van der Waals surface area (Å²) >= 11 is 1.56. The molecule has 130 valence electrons. The average molecular weight is 349 g/mol. The number of hydrogen-bond acceptors (Lipinski definition) is 5. The number of nitrogens with zero attached hydrogens (tertiary/aromatic N) is 2. The van der Waals surface area contributed by atoms with E-state index in [1.807, 2.05) is 0 Å². The van der Waals surface area contributed by atoms with E-state index in [2.05, 4.69) is 10.3 Å². The number of aromatic nitrogens is 2. The zero-order valence-corrected chi connectivity index (χ0v) is 14.6. The second-order valence-corrected chi connectivity index (χ2v) is 8.08. The Bertz CT molecular complexity index is 691. The van der Waals surface area contributed by atoms with Crippen molar-refractivity contribution in [1.82, 2.24) is 14.9 Å². The van der Waals surface area contributed by atoms with Crippen LogP contribution in [-0.2, 0) is 11.3 Å². The van der Waals surface area contributed by atoms with Crippen molar-refractivity contribution in [3.63, 3.8) is 0 Å². The standard InChI is InChI=1S/C17H23N3O3S/c21-14(13-11-18-16-20(15(13)22)7-9-24-16)19-12-4-8-23-17(10-12)5-2-1-3-6-17/h11-12H,1-10H2,(H,19,21)/t12-/m0/s1. The third-order valence-corrected chi connectivity index (χ3v) is 6.36. The number of carbonyl (C=O) groups excluding carboxylic acids is 1. The number of nitrogens with one attached hydrogen (secondary N) is 1. The summed E-state index contributed by atoms with van der Waals surface area (Å²) in [6.07, 6.45) is 8.94. The fourth-order valence-corrected chi connectivity index (χ4v) is 5.05. The van der Waals surface area contributed by atoms with E-state index in [0.717, 1.165) is 31.4 Å². The van der Waals surface area contributed by atoms with E-state index in [9.17, 15) is 9.59 Å². The number of ether oxygens (including phenoxy) is 1. The van der Waals surface area contributed by atoms with Gasteiger partial charge >= 0.3 is 0 Å². The molecule has 1 aliphatic carbocycles. The van der Waals surface area contributed by atoms with Crippen molar-refractivity contribution in [1.29, 1.82) is 0 Å². The lowest BCUT2D eigenvalue weighted by molar-refractivity contribution is -0.107. The van der Waals surface area contributed by atoms with Crippen molar-refractivity contribution < 1.29 is 9.53 Å². The Morgan fingerprint density at radius 2 is 2.21 bits per heavy atom. The van der Waals surface area contributed by atoms with Gasteiger partial charge in [-0.1, -0.05) is 31.0 Å². The van der Waals surface area contributed by atoms with E-state index in [1.165, 1.54) is 25.5 Å². The molecule has 3 aliphatic rings. The molecule has 1 aromatic rings. The van der Waals surface area contributed by atoms with E-state index in [0.29, 0.717) is 18.3 Å². The van der Waals surface area contributed by atoms with Gasteiger partial charge in [0.25, 0.3) is 11.5 Å². The van der Waals surface area contributed by atoms with Crippen molar-refractivity contribution in [3.05, 3.63) is 22.1 Å². The van der Waals surface area contributed by atoms with Crippen LogP contribution in [0.1, 0.15) is 55.3 Å². The van der Waals surface area contributed by atoms with Gasteiger partial charge in [0.2, 0.25) is 0 Å². The van der Waals surface area contributed by atoms with Crippen LogP contribution in [0.4, 0.5) is 0 Å². The zero-order valence-electron chi connectivity index (χ0n) is 13.8. The first-order valence-corrected chi connectivity index (χ1v) is 9.83. The molecule has 1 saturated carbocycles. The normalized spacial score (nSPS) is 25.4. The first-order valence-electron chi connectivity index (χ1n) is 8.84. The molecule has 6 nitrogen and oxygen atoms in total. The number of rotatable bonds is 2. The molecule has 1 spiro atoms. The highest BCUT2D eigenvalue weighted by atomic mass is 32.2. The number of thioether (sulfide) groups is 1. The third kappa shape index (κ3) is 2.99. The summed E-state index contributed by atoms with van der Waals surface area (Å²) in [6, 6.07) is 0.0800. The van der Waals surface area contributed by atoms with Gasteiger partial charge in [0.1, 0.15) is 5.56 Å². The average Bonchev–Trinajstić information content (AvgIpc) is 3.05. The van der Waals surface area contributed by atoms with E-state index < -0.39 is 0 Å². The van der Waals surface area contributed by atoms with Crippen LogP contribution < -0.4 is 10.9 Å².